The molecule has 3 fully saturated rings. The summed E-state index contributed by atoms with van der Waals surface area (Å²) in [6, 6.07) is -0.767. The third-order valence-corrected chi connectivity index (χ3v) is 7.29. The topological polar surface area (TPSA) is 81.2 Å². The van der Waals surface area contributed by atoms with E-state index in [1.165, 1.54) is 0 Å². The molecule has 174 valence electrons. The number of carbonyl (C=O) groups excluding carboxylic acids is 2. The lowest BCUT2D eigenvalue weighted by molar-refractivity contribution is -0.130. The van der Waals surface area contributed by atoms with E-state index in [2.05, 4.69) is 16.8 Å². The maximum absolute atomic E-state index is 12.8. The summed E-state index contributed by atoms with van der Waals surface area (Å²) in [6.07, 6.45) is 6.45. The Morgan fingerprint density at radius 1 is 1.13 bits per heavy atom. The molecule has 3 heterocycles. The molecule has 0 unspecified atom stereocenters. The molecule has 0 aromatic heterocycles. The average molecular weight is 485 g/mol. The standard InChI is InChI=1S/C19H32N4O4S.2ClH/c1-4-6-15-18-16(23(19(15)25)28(3,26)27)8-10-22(18)17(24)7-5-9-21-13-11-20(2)12-14-21;;/h5,7,15-16,18H,4,6,8-14H2,1-3H3;2*1H/b7-5+;;/t15-,16+,18-;;/m1../s1. The van der Waals surface area contributed by atoms with Gasteiger partial charge < -0.3 is 9.80 Å². The fraction of sp³-hybridized carbons (Fsp3) is 0.789. The molecule has 3 aliphatic heterocycles. The first kappa shape index (κ1) is 27.2. The molecule has 3 atom stereocenters. The van der Waals surface area contributed by atoms with Crippen LogP contribution in [0.5, 0.6) is 0 Å². The highest BCUT2D eigenvalue weighted by Gasteiger charge is 2.56. The lowest BCUT2D eigenvalue weighted by Crippen LogP contribution is -2.44. The summed E-state index contributed by atoms with van der Waals surface area (Å²) in [5, 5.41) is 0. The summed E-state index contributed by atoms with van der Waals surface area (Å²) >= 11 is 0. The largest absolute Gasteiger partial charge is 0.333 e. The van der Waals surface area contributed by atoms with Crippen LogP contribution in [0.3, 0.4) is 0 Å². The van der Waals surface area contributed by atoms with E-state index in [-0.39, 0.29) is 42.7 Å². The number of carbonyl (C=O) groups is 2. The van der Waals surface area contributed by atoms with Crippen LogP contribution in [0, 0.1) is 5.92 Å². The van der Waals surface area contributed by atoms with Crippen molar-refractivity contribution in [2.45, 2.75) is 38.3 Å². The zero-order valence-corrected chi connectivity index (χ0v) is 20.3. The molecule has 0 aromatic carbocycles. The Morgan fingerprint density at radius 2 is 1.77 bits per heavy atom. The van der Waals surface area contributed by atoms with Crippen molar-refractivity contribution in [3.63, 3.8) is 0 Å². The van der Waals surface area contributed by atoms with Crippen molar-refractivity contribution >= 4 is 46.7 Å². The summed E-state index contributed by atoms with van der Waals surface area (Å²) in [4.78, 5) is 31.9. The molecule has 0 aliphatic carbocycles. The van der Waals surface area contributed by atoms with Gasteiger partial charge in [-0.25, -0.2) is 12.7 Å². The number of halogens is 2. The van der Waals surface area contributed by atoms with Crippen LogP contribution in [-0.2, 0) is 19.6 Å². The van der Waals surface area contributed by atoms with Gasteiger partial charge in [0.1, 0.15) is 0 Å². The zero-order valence-electron chi connectivity index (χ0n) is 17.9. The Kier molecular flexibility index (Phi) is 10.1. The number of hydrogen-bond acceptors (Lipinski definition) is 6. The van der Waals surface area contributed by atoms with E-state index in [9.17, 15) is 18.0 Å². The zero-order chi connectivity index (χ0) is 20.5. The maximum Gasteiger partial charge on any atom is 0.246 e. The van der Waals surface area contributed by atoms with Crippen molar-refractivity contribution < 1.29 is 18.0 Å². The second-order valence-electron chi connectivity index (χ2n) is 8.18. The summed E-state index contributed by atoms with van der Waals surface area (Å²) < 4.78 is 25.4. The molecule has 0 N–H and O–H groups in total. The van der Waals surface area contributed by atoms with E-state index in [0.29, 0.717) is 19.4 Å². The van der Waals surface area contributed by atoms with Crippen molar-refractivity contribution in [3.8, 4) is 0 Å². The first-order valence-corrected chi connectivity index (χ1v) is 12.0. The average Bonchev–Trinajstić information content (AvgIpc) is 3.15. The predicted molar refractivity (Wildman–Crippen MR) is 122 cm³/mol. The fourth-order valence-electron chi connectivity index (χ4n) is 4.71. The van der Waals surface area contributed by atoms with E-state index >= 15 is 0 Å². The van der Waals surface area contributed by atoms with Gasteiger partial charge in [-0.05, 0) is 19.9 Å². The molecule has 0 bridgehead atoms. The number of likely N-dealkylation sites (N-methyl/N-ethyl adjacent to an activating group) is 1. The minimum Gasteiger partial charge on any atom is -0.333 e. The molecule has 30 heavy (non-hydrogen) atoms. The monoisotopic (exact) mass is 484 g/mol. The minimum absolute atomic E-state index is 0. The molecule has 3 saturated heterocycles. The molecule has 11 heteroatoms. The highest BCUT2D eigenvalue weighted by atomic mass is 35.5. The highest BCUT2D eigenvalue weighted by molar-refractivity contribution is 7.88. The summed E-state index contributed by atoms with van der Waals surface area (Å²) in [6.45, 7) is 7.22. The Balaban J connectivity index is 0.00000225. The van der Waals surface area contributed by atoms with Crippen LogP contribution in [0.2, 0.25) is 0 Å². The molecule has 0 saturated carbocycles. The van der Waals surface area contributed by atoms with E-state index in [1.54, 1.807) is 11.0 Å². The van der Waals surface area contributed by atoms with E-state index in [1.807, 2.05) is 13.0 Å². The number of rotatable bonds is 6. The number of piperazine rings is 1. The minimum atomic E-state index is -3.63. The Labute approximate surface area is 192 Å². The maximum atomic E-state index is 12.8. The van der Waals surface area contributed by atoms with Crippen molar-refractivity contribution in [1.29, 1.82) is 0 Å². The third-order valence-electron chi connectivity index (χ3n) is 6.13. The normalized spacial score (nSPS) is 27.8. The molecule has 3 rings (SSSR count). The van der Waals surface area contributed by atoms with Gasteiger partial charge in [0.2, 0.25) is 21.8 Å². The van der Waals surface area contributed by atoms with Crippen molar-refractivity contribution in [1.82, 2.24) is 19.0 Å². The highest BCUT2D eigenvalue weighted by Crippen LogP contribution is 2.40. The molecule has 0 aromatic rings. The van der Waals surface area contributed by atoms with E-state index < -0.39 is 22.0 Å². The lowest BCUT2D eigenvalue weighted by atomic mass is 9.94. The van der Waals surface area contributed by atoms with Crippen LogP contribution in [0.1, 0.15) is 26.2 Å². The van der Waals surface area contributed by atoms with Gasteiger partial charge in [-0.1, -0.05) is 19.4 Å². The van der Waals surface area contributed by atoms with Crippen LogP contribution in [0.25, 0.3) is 0 Å². The molecule has 0 spiro atoms. The second kappa shape index (κ2) is 11.1. The molecular formula is C19H34Cl2N4O4S. The Hall–Kier alpha value is -0.870. The van der Waals surface area contributed by atoms with Crippen LogP contribution in [0.4, 0.5) is 0 Å². The molecule has 3 aliphatic rings. The van der Waals surface area contributed by atoms with Crippen LogP contribution in [-0.4, -0.2) is 104 Å². The molecule has 2 amide bonds. The van der Waals surface area contributed by atoms with Crippen molar-refractivity contribution in [2.24, 2.45) is 5.92 Å². The van der Waals surface area contributed by atoms with Crippen molar-refractivity contribution in [2.75, 3.05) is 52.6 Å². The quantitative estimate of drug-likeness (QED) is 0.519. The molecule has 8 nitrogen and oxygen atoms in total. The number of likely N-dealkylation sites (tertiary alicyclic amines) is 1. The summed E-state index contributed by atoms with van der Waals surface area (Å²) in [7, 11) is -1.52. The number of sulfonamides is 1. The van der Waals surface area contributed by atoms with Crippen molar-refractivity contribution in [3.05, 3.63) is 12.2 Å². The second-order valence-corrected chi connectivity index (χ2v) is 10.0. The van der Waals surface area contributed by atoms with Gasteiger partial charge in [0.05, 0.1) is 24.3 Å². The lowest BCUT2D eigenvalue weighted by Gasteiger charge is -2.31. The first-order chi connectivity index (χ1) is 13.2. The Morgan fingerprint density at radius 3 is 2.33 bits per heavy atom. The van der Waals surface area contributed by atoms with Gasteiger partial charge in [-0.15, -0.1) is 24.8 Å². The first-order valence-electron chi connectivity index (χ1n) is 10.1. The van der Waals surface area contributed by atoms with Crippen LogP contribution < -0.4 is 0 Å². The number of nitrogens with zero attached hydrogens (tertiary/aromatic N) is 4. The smallest absolute Gasteiger partial charge is 0.246 e. The van der Waals surface area contributed by atoms with Gasteiger partial charge in [0.15, 0.2) is 0 Å². The van der Waals surface area contributed by atoms with E-state index in [0.717, 1.165) is 49.7 Å². The molecule has 0 radical (unpaired) electrons. The van der Waals surface area contributed by atoms with Gasteiger partial charge >= 0.3 is 0 Å². The summed E-state index contributed by atoms with van der Waals surface area (Å²) in [5.74, 6) is -0.897. The summed E-state index contributed by atoms with van der Waals surface area (Å²) in [5.41, 5.74) is 0. The van der Waals surface area contributed by atoms with Gasteiger partial charge in [-0.3, -0.25) is 14.5 Å². The number of amides is 2. The number of hydrogen-bond donors (Lipinski definition) is 0. The third kappa shape index (κ3) is 5.68. The number of fused-ring (bicyclic) bond motifs is 1. The van der Waals surface area contributed by atoms with Gasteiger partial charge in [0.25, 0.3) is 0 Å². The van der Waals surface area contributed by atoms with Gasteiger partial charge in [-0.2, -0.15) is 0 Å². The van der Waals surface area contributed by atoms with Crippen LogP contribution in [0.15, 0.2) is 12.2 Å². The van der Waals surface area contributed by atoms with Gasteiger partial charge in [0, 0.05) is 45.3 Å². The fourth-order valence-corrected chi connectivity index (χ4v) is 5.90. The predicted octanol–water partition coefficient (Wildman–Crippen LogP) is 0.821. The van der Waals surface area contributed by atoms with Crippen LogP contribution >= 0.6 is 24.8 Å². The molecular weight excluding hydrogens is 451 g/mol. The van der Waals surface area contributed by atoms with E-state index in [4.69, 9.17) is 0 Å². The SMILES string of the molecule is CCC[C@H]1C(=O)N(S(C)(=O)=O)[C@H]2CCN(C(=O)/C=C/CN3CCN(C)CC3)[C@H]12.Cl.Cl. The Bertz CT molecular complexity index is 741.